The standard InChI is InChI=1S/C22H26FNO4/c23-18-5-3-17(4-6-18)22(26)8-10-24(11-9-22)15-19(25)16-2-7-20-21(14-16)28-13-1-12-27-20/h2-7,14,19,25-26H,1,8-13,15H2. The molecule has 0 aliphatic carbocycles. The van der Waals surface area contributed by atoms with E-state index in [0.29, 0.717) is 51.4 Å². The van der Waals surface area contributed by atoms with E-state index in [1.807, 2.05) is 18.2 Å². The van der Waals surface area contributed by atoms with Crippen LogP contribution in [0.4, 0.5) is 4.39 Å². The molecule has 0 bridgehead atoms. The summed E-state index contributed by atoms with van der Waals surface area (Å²) < 4.78 is 24.5. The van der Waals surface area contributed by atoms with Gasteiger partial charge in [0.1, 0.15) is 5.82 Å². The van der Waals surface area contributed by atoms with E-state index in [0.717, 1.165) is 23.3 Å². The molecule has 28 heavy (non-hydrogen) atoms. The Balaban J connectivity index is 1.37. The highest BCUT2D eigenvalue weighted by Gasteiger charge is 2.34. The van der Waals surface area contributed by atoms with Crippen LogP contribution in [0.1, 0.15) is 36.5 Å². The van der Waals surface area contributed by atoms with Crippen molar-refractivity contribution in [3.05, 3.63) is 59.4 Å². The van der Waals surface area contributed by atoms with Gasteiger partial charge in [0.25, 0.3) is 0 Å². The first-order valence-corrected chi connectivity index (χ1v) is 9.82. The largest absolute Gasteiger partial charge is 0.490 e. The maximum atomic E-state index is 13.1. The summed E-state index contributed by atoms with van der Waals surface area (Å²) in [5, 5.41) is 21.6. The number of hydrogen-bond donors (Lipinski definition) is 2. The Morgan fingerprint density at radius 1 is 1.00 bits per heavy atom. The quantitative estimate of drug-likeness (QED) is 0.845. The Hall–Kier alpha value is -2.15. The highest BCUT2D eigenvalue weighted by atomic mass is 19.1. The fourth-order valence-electron chi connectivity index (χ4n) is 3.89. The molecule has 2 aliphatic rings. The molecule has 6 heteroatoms. The molecule has 2 aromatic carbocycles. The highest BCUT2D eigenvalue weighted by molar-refractivity contribution is 5.44. The Labute approximate surface area is 164 Å². The molecule has 2 aliphatic heterocycles. The number of piperidine rings is 1. The summed E-state index contributed by atoms with van der Waals surface area (Å²) in [7, 11) is 0. The number of nitrogens with zero attached hydrogens (tertiary/aromatic N) is 1. The predicted octanol–water partition coefficient (Wildman–Crippen LogP) is 3.00. The Morgan fingerprint density at radius 2 is 1.68 bits per heavy atom. The molecule has 1 unspecified atom stereocenters. The van der Waals surface area contributed by atoms with E-state index in [1.54, 1.807) is 12.1 Å². The summed E-state index contributed by atoms with van der Waals surface area (Å²) >= 11 is 0. The maximum Gasteiger partial charge on any atom is 0.161 e. The number of fused-ring (bicyclic) bond motifs is 1. The van der Waals surface area contributed by atoms with Crippen molar-refractivity contribution in [2.75, 3.05) is 32.8 Å². The van der Waals surface area contributed by atoms with Gasteiger partial charge in [0, 0.05) is 26.1 Å². The predicted molar refractivity (Wildman–Crippen MR) is 103 cm³/mol. The van der Waals surface area contributed by atoms with Crippen molar-refractivity contribution in [1.82, 2.24) is 4.90 Å². The fraction of sp³-hybridized carbons (Fsp3) is 0.455. The number of halogens is 1. The molecule has 0 aromatic heterocycles. The van der Waals surface area contributed by atoms with Crippen molar-refractivity contribution in [3.8, 4) is 11.5 Å². The lowest BCUT2D eigenvalue weighted by molar-refractivity contribution is -0.0345. The molecule has 0 spiro atoms. The minimum atomic E-state index is -0.940. The Morgan fingerprint density at radius 3 is 2.39 bits per heavy atom. The SMILES string of the molecule is OC(CN1CCC(O)(c2ccc(F)cc2)CC1)c1ccc2c(c1)OCCCO2. The topological polar surface area (TPSA) is 62.2 Å². The van der Waals surface area contributed by atoms with Crippen molar-refractivity contribution in [2.45, 2.75) is 31.0 Å². The number of β-amino-alcohol motifs (C(OH)–C–C–N with tert-alkyl or cyclic N) is 1. The minimum absolute atomic E-state index is 0.303. The van der Waals surface area contributed by atoms with Gasteiger partial charge in [0.05, 0.1) is 24.9 Å². The van der Waals surface area contributed by atoms with Gasteiger partial charge in [-0.25, -0.2) is 4.39 Å². The Bertz CT molecular complexity index is 803. The molecule has 2 aromatic rings. The molecule has 1 atom stereocenters. The lowest BCUT2D eigenvalue weighted by Crippen LogP contribution is -2.43. The Kier molecular flexibility index (Phi) is 5.53. The number of benzene rings is 2. The van der Waals surface area contributed by atoms with E-state index >= 15 is 0 Å². The van der Waals surface area contributed by atoms with Gasteiger partial charge in [-0.3, -0.25) is 0 Å². The first-order valence-electron chi connectivity index (χ1n) is 9.82. The van der Waals surface area contributed by atoms with E-state index in [1.165, 1.54) is 12.1 Å². The second-order valence-electron chi connectivity index (χ2n) is 7.61. The zero-order valence-corrected chi connectivity index (χ0v) is 15.8. The number of ether oxygens (including phenoxy) is 2. The lowest BCUT2D eigenvalue weighted by Gasteiger charge is -2.39. The van der Waals surface area contributed by atoms with Gasteiger partial charge in [-0.05, 0) is 48.2 Å². The molecule has 5 nitrogen and oxygen atoms in total. The van der Waals surface area contributed by atoms with Crippen LogP contribution >= 0.6 is 0 Å². The first-order chi connectivity index (χ1) is 13.5. The maximum absolute atomic E-state index is 13.1. The van der Waals surface area contributed by atoms with Crippen LogP contribution in [0.5, 0.6) is 11.5 Å². The lowest BCUT2D eigenvalue weighted by atomic mass is 9.84. The molecule has 0 amide bonds. The minimum Gasteiger partial charge on any atom is -0.490 e. The second kappa shape index (κ2) is 8.07. The highest BCUT2D eigenvalue weighted by Crippen LogP contribution is 2.35. The first kappa shape index (κ1) is 19.2. The summed E-state index contributed by atoms with van der Waals surface area (Å²) in [6, 6.07) is 11.6. The van der Waals surface area contributed by atoms with Gasteiger partial charge in [-0.2, -0.15) is 0 Å². The van der Waals surface area contributed by atoms with Crippen LogP contribution in [0.2, 0.25) is 0 Å². The smallest absolute Gasteiger partial charge is 0.161 e. The molecule has 150 valence electrons. The van der Waals surface area contributed by atoms with Crippen LogP contribution < -0.4 is 9.47 Å². The molecule has 0 saturated carbocycles. The van der Waals surface area contributed by atoms with Gasteiger partial charge >= 0.3 is 0 Å². The van der Waals surface area contributed by atoms with Crippen molar-refractivity contribution in [3.63, 3.8) is 0 Å². The van der Waals surface area contributed by atoms with Crippen LogP contribution in [0.3, 0.4) is 0 Å². The number of hydrogen-bond acceptors (Lipinski definition) is 5. The summed E-state index contributed by atoms with van der Waals surface area (Å²) in [5.74, 6) is 1.09. The normalized spacial score (nSPS) is 20.4. The van der Waals surface area contributed by atoms with E-state index in [4.69, 9.17) is 9.47 Å². The summed E-state index contributed by atoms with van der Waals surface area (Å²) in [4.78, 5) is 2.14. The third-order valence-electron chi connectivity index (χ3n) is 5.65. The molecule has 1 saturated heterocycles. The van der Waals surface area contributed by atoms with Crippen LogP contribution in [0.15, 0.2) is 42.5 Å². The molecular formula is C22H26FNO4. The van der Waals surface area contributed by atoms with E-state index < -0.39 is 11.7 Å². The van der Waals surface area contributed by atoms with Gasteiger partial charge in [-0.1, -0.05) is 18.2 Å². The van der Waals surface area contributed by atoms with E-state index in [-0.39, 0.29) is 5.82 Å². The fourth-order valence-corrected chi connectivity index (χ4v) is 3.89. The second-order valence-corrected chi connectivity index (χ2v) is 7.61. The number of likely N-dealkylation sites (tertiary alicyclic amines) is 1. The summed E-state index contributed by atoms with van der Waals surface area (Å²) in [6.07, 6.45) is 1.30. The van der Waals surface area contributed by atoms with Crippen molar-refractivity contribution >= 4 is 0 Å². The average molecular weight is 387 g/mol. The molecule has 1 fully saturated rings. The van der Waals surface area contributed by atoms with Gasteiger partial charge in [-0.15, -0.1) is 0 Å². The molecule has 0 radical (unpaired) electrons. The zero-order valence-electron chi connectivity index (χ0n) is 15.8. The summed E-state index contributed by atoms with van der Waals surface area (Å²) in [5.41, 5.74) is 0.602. The van der Waals surface area contributed by atoms with E-state index in [2.05, 4.69) is 4.90 Å². The van der Waals surface area contributed by atoms with Crippen molar-refractivity contribution in [2.24, 2.45) is 0 Å². The molecule has 4 rings (SSSR count). The molecule has 2 heterocycles. The summed E-state index contributed by atoms with van der Waals surface area (Å²) in [6.45, 7) is 3.06. The molecule has 2 N–H and O–H groups in total. The third-order valence-corrected chi connectivity index (χ3v) is 5.65. The van der Waals surface area contributed by atoms with Gasteiger partial charge in [0.15, 0.2) is 11.5 Å². The van der Waals surface area contributed by atoms with Crippen LogP contribution in [-0.2, 0) is 5.60 Å². The number of aliphatic hydroxyl groups excluding tert-OH is 1. The van der Waals surface area contributed by atoms with Crippen LogP contribution in [0.25, 0.3) is 0 Å². The molecular weight excluding hydrogens is 361 g/mol. The van der Waals surface area contributed by atoms with Crippen LogP contribution in [0, 0.1) is 5.82 Å². The number of aliphatic hydroxyl groups is 2. The third kappa shape index (κ3) is 4.14. The number of rotatable bonds is 4. The zero-order chi connectivity index (χ0) is 19.6. The monoisotopic (exact) mass is 387 g/mol. The van der Waals surface area contributed by atoms with Gasteiger partial charge in [0.2, 0.25) is 0 Å². The van der Waals surface area contributed by atoms with E-state index in [9.17, 15) is 14.6 Å². The van der Waals surface area contributed by atoms with Crippen molar-refractivity contribution in [1.29, 1.82) is 0 Å². The average Bonchev–Trinajstić information content (AvgIpc) is 2.95. The van der Waals surface area contributed by atoms with Gasteiger partial charge < -0.3 is 24.6 Å². The van der Waals surface area contributed by atoms with Crippen molar-refractivity contribution < 1.29 is 24.1 Å². The van der Waals surface area contributed by atoms with Crippen LogP contribution in [-0.4, -0.2) is 48.0 Å².